The summed E-state index contributed by atoms with van der Waals surface area (Å²) in [7, 11) is 0. The molecule has 2 aromatic heterocycles. The number of aromatic nitrogens is 2. The van der Waals surface area contributed by atoms with Crippen molar-refractivity contribution in [2.45, 2.75) is 19.5 Å². The minimum atomic E-state index is -0.00319. The number of nitrogens with zero attached hydrogens (tertiary/aromatic N) is 2. The van der Waals surface area contributed by atoms with Crippen molar-refractivity contribution < 1.29 is 4.79 Å². The summed E-state index contributed by atoms with van der Waals surface area (Å²) in [6.45, 7) is 2.81. The SMILES string of the molecule is Cc1ccc(Cn2ccc3nccc(C(=O)NC4CSC4)c32)cc1. The molecule has 3 aromatic rings. The fourth-order valence-corrected chi connectivity index (χ4v) is 3.55. The molecule has 0 saturated carbocycles. The highest BCUT2D eigenvalue weighted by atomic mass is 32.2. The maximum absolute atomic E-state index is 12.6. The third kappa shape index (κ3) is 2.91. The summed E-state index contributed by atoms with van der Waals surface area (Å²) in [6.07, 6.45) is 3.72. The number of thioether (sulfide) groups is 1. The summed E-state index contributed by atoms with van der Waals surface area (Å²) < 4.78 is 2.11. The second-order valence-electron chi connectivity index (χ2n) is 6.23. The van der Waals surface area contributed by atoms with Crippen LogP contribution >= 0.6 is 11.8 Å². The Morgan fingerprint density at radius 1 is 1.25 bits per heavy atom. The van der Waals surface area contributed by atoms with Crippen molar-refractivity contribution in [3.8, 4) is 0 Å². The summed E-state index contributed by atoms with van der Waals surface area (Å²) in [4.78, 5) is 17.1. The van der Waals surface area contributed by atoms with Gasteiger partial charge in [-0.25, -0.2) is 0 Å². The van der Waals surface area contributed by atoms with Gasteiger partial charge in [0.2, 0.25) is 0 Å². The molecule has 0 radical (unpaired) electrons. The largest absolute Gasteiger partial charge is 0.348 e. The lowest BCUT2D eigenvalue weighted by Crippen LogP contribution is -2.43. The van der Waals surface area contributed by atoms with Gasteiger partial charge in [0, 0.05) is 36.5 Å². The van der Waals surface area contributed by atoms with Gasteiger partial charge in [0.15, 0.2) is 0 Å². The molecule has 1 aromatic carbocycles. The van der Waals surface area contributed by atoms with Gasteiger partial charge in [-0.2, -0.15) is 11.8 Å². The fraction of sp³-hybridized carbons (Fsp3) is 0.263. The minimum Gasteiger partial charge on any atom is -0.348 e. The molecular weight excluding hydrogens is 318 g/mol. The van der Waals surface area contributed by atoms with E-state index >= 15 is 0 Å². The van der Waals surface area contributed by atoms with Gasteiger partial charge in [-0.3, -0.25) is 9.78 Å². The molecular formula is C19H19N3OS. The first-order valence-electron chi connectivity index (χ1n) is 8.09. The zero-order valence-corrected chi connectivity index (χ0v) is 14.3. The van der Waals surface area contributed by atoms with Crippen LogP contribution in [0.3, 0.4) is 0 Å². The number of hydrogen-bond donors (Lipinski definition) is 1. The van der Waals surface area contributed by atoms with E-state index in [4.69, 9.17) is 0 Å². The first-order valence-corrected chi connectivity index (χ1v) is 9.24. The number of carbonyl (C=O) groups excluding carboxylic acids is 1. The van der Waals surface area contributed by atoms with Gasteiger partial charge < -0.3 is 9.88 Å². The van der Waals surface area contributed by atoms with Gasteiger partial charge in [0.25, 0.3) is 5.91 Å². The van der Waals surface area contributed by atoms with Crippen molar-refractivity contribution in [3.63, 3.8) is 0 Å². The van der Waals surface area contributed by atoms with Crippen LogP contribution in [0.15, 0.2) is 48.8 Å². The number of amides is 1. The summed E-state index contributed by atoms with van der Waals surface area (Å²) >= 11 is 1.86. The quantitative estimate of drug-likeness (QED) is 0.795. The first kappa shape index (κ1) is 15.3. The van der Waals surface area contributed by atoms with Crippen molar-refractivity contribution in [1.29, 1.82) is 0 Å². The molecule has 0 spiro atoms. The van der Waals surface area contributed by atoms with E-state index in [1.165, 1.54) is 11.1 Å². The van der Waals surface area contributed by atoms with Gasteiger partial charge in [-0.05, 0) is 24.6 Å². The van der Waals surface area contributed by atoms with Crippen molar-refractivity contribution in [2.24, 2.45) is 0 Å². The Bertz CT molecular complexity index is 881. The summed E-state index contributed by atoms with van der Waals surface area (Å²) in [5, 5.41) is 3.11. The van der Waals surface area contributed by atoms with Crippen molar-refractivity contribution in [2.75, 3.05) is 11.5 Å². The molecule has 0 aliphatic carbocycles. The third-order valence-electron chi connectivity index (χ3n) is 4.34. The molecule has 24 heavy (non-hydrogen) atoms. The Morgan fingerprint density at radius 2 is 2.04 bits per heavy atom. The van der Waals surface area contributed by atoms with Crippen LogP contribution in [0, 0.1) is 6.92 Å². The van der Waals surface area contributed by atoms with E-state index in [2.05, 4.69) is 46.1 Å². The van der Waals surface area contributed by atoms with Gasteiger partial charge >= 0.3 is 0 Å². The maximum atomic E-state index is 12.6. The molecule has 3 heterocycles. The minimum absolute atomic E-state index is 0.00319. The van der Waals surface area contributed by atoms with Crippen molar-refractivity contribution in [1.82, 2.24) is 14.9 Å². The normalized spacial score (nSPS) is 14.5. The van der Waals surface area contributed by atoms with Crippen LogP contribution in [0.4, 0.5) is 0 Å². The van der Waals surface area contributed by atoms with E-state index in [1.807, 2.05) is 30.1 Å². The number of pyridine rings is 1. The lowest BCUT2D eigenvalue weighted by atomic mass is 10.1. The molecule has 1 aliphatic heterocycles. The van der Waals surface area contributed by atoms with Gasteiger partial charge in [0.1, 0.15) is 0 Å². The van der Waals surface area contributed by atoms with Crippen LogP contribution in [0.2, 0.25) is 0 Å². The van der Waals surface area contributed by atoms with Crippen LogP contribution < -0.4 is 5.32 Å². The number of benzene rings is 1. The average Bonchev–Trinajstić information content (AvgIpc) is 2.96. The van der Waals surface area contributed by atoms with Crippen molar-refractivity contribution in [3.05, 3.63) is 65.5 Å². The number of aryl methyl sites for hydroxylation is 1. The summed E-state index contributed by atoms with van der Waals surface area (Å²) in [5.41, 5.74) is 4.93. The van der Waals surface area contributed by atoms with Crippen LogP contribution in [-0.2, 0) is 6.54 Å². The second-order valence-corrected chi connectivity index (χ2v) is 7.30. The topological polar surface area (TPSA) is 46.9 Å². The van der Waals surface area contributed by atoms with Gasteiger partial charge in [-0.15, -0.1) is 0 Å². The molecule has 0 atom stereocenters. The van der Waals surface area contributed by atoms with E-state index in [9.17, 15) is 4.79 Å². The Kier molecular flexibility index (Phi) is 4.02. The Balaban J connectivity index is 1.68. The smallest absolute Gasteiger partial charge is 0.253 e. The predicted octanol–water partition coefficient (Wildman–Crippen LogP) is 3.24. The highest BCUT2D eigenvalue weighted by Gasteiger charge is 2.22. The van der Waals surface area contributed by atoms with E-state index in [0.717, 1.165) is 29.1 Å². The Hall–Kier alpha value is -2.27. The molecule has 1 amide bonds. The molecule has 1 N–H and O–H groups in total. The molecule has 1 fully saturated rings. The molecule has 0 bridgehead atoms. The van der Waals surface area contributed by atoms with E-state index in [0.29, 0.717) is 11.6 Å². The maximum Gasteiger partial charge on any atom is 0.253 e. The fourth-order valence-electron chi connectivity index (χ4n) is 2.92. The number of nitrogens with one attached hydrogen (secondary N) is 1. The molecule has 4 nitrogen and oxygen atoms in total. The number of fused-ring (bicyclic) bond motifs is 1. The highest BCUT2D eigenvalue weighted by Crippen LogP contribution is 2.22. The first-order chi connectivity index (χ1) is 11.7. The second kappa shape index (κ2) is 6.32. The number of rotatable bonds is 4. The van der Waals surface area contributed by atoms with Crippen LogP contribution in [0.25, 0.3) is 11.0 Å². The monoisotopic (exact) mass is 337 g/mol. The van der Waals surface area contributed by atoms with Crippen LogP contribution in [0.5, 0.6) is 0 Å². The zero-order chi connectivity index (χ0) is 16.5. The molecule has 5 heteroatoms. The van der Waals surface area contributed by atoms with E-state index in [-0.39, 0.29) is 5.91 Å². The molecule has 1 aliphatic rings. The van der Waals surface area contributed by atoms with Crippen LogP contribution in [-0.4, -0.2) is 33.0 Å². The summed E-state index contributed by atoms with van der Waals surface area (Å²) in [5.74, 6) is 2.01. The predicted molar refractivity (Wildman–Crippen MR) is 98.6 cm³/mol. The molecule has 4 rings (SSSR count). The van der Waals surface area contributed by atoms with E-state index < -0.39 is 0 Å². The van der Waals surface area contributed by atoms with Crippen LogP contribution in [0.1, 0.15) is 21.5 Å². The summed E-state index contributed by atoms with van der Waals surface area (Å²) in [6, 6.07) is 12.6. The third-order valence-corrected chi connectivity index (χ3v) is 5.62. The van der Waals surface area contributed by atoms with Gasteiger partial charge in [-0.1, -0.05) is 29.8 Å². The number of hydrogen-bond acceptors (Lipinski definition) is 3. The Morgan fingerprint density at radius 3 is 2.75 bits per heavy atom. The molecule has 0 unspecified atom stereocenters. The number of carbonyl (C=O) groups is 1. The highest BCUT2D eigenvalue weighted by molar-refractivity contribution is 8.00. The zero-order valence-electron chi connectivity index (χ0n) is 13.5. The molecule has 1 saturated heterocycles. The lowest BCUT2D eigenvalue weighted by molar-refractivity contribution is 0.0944. The lowest BCUT2D eigenvalue weighted by Gasteiger charge is -2.26. The Labute approximate surface area is 145 Å². The average molecular weight is 337 g/mol. The molecule has 122 valence electrons. The van der Waals surface area contributed by atoms with Crippen molar-refractivity contribution >= 4 is 28.7 Å². The standard InChI is InChI=1S/C19H19N3OS/c1-13-2-4-14(5-3-13)10-22-9-7-17-18(22)16(6-8-20-17)19(23)21-15-11-24-12-15/h2-9,15H,10-12H2,1H3,(H,21,23). The van der Waals surface area contributed by atoms with Gasteiger partial charge in [0.05, 0.1) is 16.6 Å². The van der Waals surface area contributed by atoms with E-state index in [1.54, 1.807) is 6.20 Å².